The van der Waals surface area contributed by atoms with Gasteiger partial charge < -0.3 is 14.8 Å². The summed E-state index contributed by atoms with van der Waals surface area (Å²) in [6, 6.07) is 5.72. The number of aryl methyl sites for hydroxylation is 1. The van der Waals surface area contributed by atoms with E-state index in [-0.39, 0.29) is 0 Å². The predicted octanol–water partition coefficient (Wildman–Crippen LogP) is 3.18. The molecule has 0 saturated heterocycles. The summed E-state index contributed by atoms with van der Waals surface area (Å²) in [5.41, 5.74) is 1.88. The Morgan fingerprint density at radius 3 is 2.56 bits per heavy atom. The minimum atomic E-state index is 0.796. The molecule has 0 aliphatic carbocycles. The Bertz CT molecular complexity index is 552. The van der Waals surface area contributed by atoms with Gasteiger partial charge in [0, 0.05) is 17.5 Å². The summed E-state index contributed by atoms with van der Waals surface area (Å²) in [6.45, 7) is 2.05. The van der Waals surface area contributed by atoms with E-state index in [9.17, 15) is 0 Å². The van der Waals surface area contributed by atoms with Crippen LogP contribution in [-0.4, -0.2) is 26.3 Å². The zero-order valence-corrected chi connectivity index (χ0v) is 11.7. The van der Waals surface area contributed by atoms with Crippen molar-refractivity contribution in [2.45, 2.75) is 6.92 Å². The third-order valence-electron chi connectivity index (χ3n) is 2.67. The highest BCUT2D eigenvalue weighted by Crippen LogP contribution is 2.37. The molecule has 1 aromatic carbocycles. The first-order valence-corrected chi connectivity index (χ1v) is 6.38. The molecule has 0 bridgehead atoms. The largest absolute Gasteiger partial charge is 0.497 e. The number of aromatic nitrogens is 1. The zero-order valence-electron chi connectivity index (χ0n) is 10.9. The first kappa shape index (κ1) is 12.7. The fraction of sp³-hybridized carbons (Fsp3) is 0.308. The van der Waals surface area contributed by atoms with Crippen LogP contribution in [0.15, 0.2) is 18.2 Å². The molecule has 2 aromatic rings. The highest BCUT2D eigenvalue weighted by atomic mass is 32.1. The van der Waals surface area contributed by atoms with Crippen molar-refractivity contribution in [3.8, 4) is 22.8 Å². The number of hydrogen-bond acceptors (Lipinski definition) is 5. The van der Waals surface area contributed by atoms with Crippen molar-refractivity contribution in [1.29, 1.82) is 0 Å². The number of hydrogen-bond donors (Lipinski definition) is 1. The molecule has 18 heavy (non-hydrogen) atoms. The lowest BCUT2D eigenvalue weighted by Crippen LogP contribution is -1.92. The Morgan fingerprint density at radius 2 is 2.00 bits per heavy atom. The van der Waals surface area contributed by atoms with E-state index >= 15 is 0 Å². The van der Waals surface area contributed by atoms with Gasteiger partial charge in [-0.3, -0.25) is 0 Å². The van der Waals surface area contributed by atoms with Crippen LogP contribution in [0.25, 0.3) is 11.3 Å². The highest BCUT2D eigenvalue weighted by molar-refractivity contribution is 7.16. The number of ether oxygens (including phenoxy) is 2. The average Bonchev–Trinajstić information content (AvgIpc) is 2.79. The Morgan fingerprint density at radius 1 is 1.22 bits per heavy atom. The maximum Gasteiger partial charge on any atom is 0.183 e. The van der Waals surface area contributed by atoms with Crippen molar-refractivity contribution in [2.75, 3.05) is 26.6 Å². The standard InChI is InChI=1S/C13H16N2O2S/c1-8-12(15-13(14-2)18-8)10-7-9(16-3)5-6-11(10)17-4/h5-7H,1-4H3,(H,14,15). The number of thiazole rings is 1. The normalized spacial score (nSPS) is 10.2. The van der Waals surface area contributed by atoms with Crippen LogP contribution < -0.4 is 14.8 Å². The van der Waals surface area contributed by atoms with E-state index in [1.165, 1.54) is 0 Å². The number of nitrogens with one attached hydrogen (secondary N) is 1. The van der Waals surface area contributed by atoms with Crippen molar-refractivity contribution in [2.24, 2.45) is 0 Å². The van der Waals surface area contributed by atoms with Gasteiger partial charge in [0.05, 0.1) is 19.9 Å². The van der Waals surface area contributed by atoms with Crippen LogP contribution in [0, 0.1) is 6.92 Å². The fourth-order valence-electron chi connectivity index (χ4n) is 1.75. The Kier molecular flexibility index (Phi) is 3.72. The van der Waals surface area contributed by atoms with Gasteiger partial charge in [0.25, 0.3) is 0 Å². The van der Waals surface area contributed by atoms with E-state index in [0.717, 1.165) is 32.8 Å². The lowest BCUT2D eigenvalue weighted by atomic mass is 10.1. The molecule has 5 heteroatoms. The summed E-state index contributed by atoms with van der Waals surface area (Å²) in [6.07, 6.45) is 0. The molecule has 2 rings (SSSR count). The molecule has 0 amide bonds. The molecule has 1 N–H and O–H groups in total. The molecule has 0 aliphatic rings. The van der Waals surface area contributed by atoms with Gasteiger partial charge in [-0.25, -0.2) is 4.98 Å². The summed E-state index contributed by atoms with van der Waals surface area (Å²) in [5.74, 6) is 1.59. The Balaban J connectivity index is 2.56. The predicted molar refractivity (Wildman–Crippen MR) is 74.9 cm³/mol. The molecule has 0 spiro atoms. The first-order chi connectivity index (χ1) is 8.69. The average molecular weight is 264 g/mol. The SMILES string of the molecule is CNc1nc(-c2cc(OC)ccc2OC)c(C)s1. The van der Waals surface area contributed by atoms with Crippen LogP contribution in [0.4, 0.5) is 5.13 Å². The van der Waals surface area contributed by atoms with Crippen molar-refractivity contribution >= 4 is 16.5 Å². The summed E-state index contributed by atoms with van der Waals surface area (Å²) in [5, 5.41) is 3.96. The number of rotatable bonds is 4. The maximum absolute atomic E-state index is 5.39. The van der Waals surface area contributed by atoms with Crippen LogP contribution in [0.3, 0.4) is 0 Å². The molecule has 0 radical (unpaired) electrons. The van der Waals surface area contributed by atoms with Crippen molar-refractivity contribution in [1.82, 2.24) is 4.98 Å². The van der Waals surface area contributed by atoms with Gasteiger partial charge in [0.2, 0.25) is 0 Å². The van der Waals surface area contributed by atoms with E-state index in [1.54, 1.807) is 25.6 Å². The van der Waals surface area contributed by atoms with Gasteiger partial charge in [0.15, 0.2) is 5.13 Å². The summed E-state index contributed by atoms with van der Waals surface area (Å²) in [7, 11) is 5.18. The Labute approximate surface area is 111 Å². The molecular weight excluding hydrogens is 248 g/mol. The number of nitrogens with zero attached hydrogens (tertiary/aromatic N) is 1. The van der Waals surface area contributed by atoms with Crippen LogP contribution in [0.2, 0.25) is 0 Å². The monoisotopic (exact) mass is 264 g/mol. The van der Waals surface area contributed by atoms with Gasteiger partial charge in [-0.1, -0.05) is 0 Å². The zero-order chi connectivity index (χ0) is 13.1. The molecule has 4 nitrogen and oxygen atoms in total. The van der Waals surface area contributed by atoms with E-state index in [4.69, 9.17) is 9.47 Å². The number of methoxy groups -OCH3 is 2. The van der Waals surface area contributed by atoms with E-state index < -0.39 is 0 Å². The van der Waals surface area contributed by atoms with Gasteiger partial charge in [-0.15, -0.1) is 11.3 Å². The quantitative estimate of drug-likeness (QED) is 0.921. The lowest BCUT2D eigenvalue weighted by Gasteiger charge is -2.09. The minimum absolute atomic E-state index is 0.796. The second kappa shape index (κ2) is 5.27. The molecular formula is C13H16N2O2S. The molecule has 1 aromatic heterocycles. The first-order valence-electron chi connectivity index (χ1n) is 5.57. The molecule has 96 valence electrons. The van der Waals surface area contributed by atoms with Gasteiger partial charge in [-0.05, 0) is 25.1 Å². The van der Waals surface area contributed by atoms with Crippen LogP contribution in [0.5, 0.6) is 11.5 Å². The number of benzene rings is 1. The summed E-state index contributed by atoms with van der Waals surface area (Å²) < 4.78 is 10.6. The maximum atomic E-state index is 5.39. The minimum Gasteiger partial charge on any atom is -0.497 e. The lowest BCUT2D eigenvalue weighted by molar-refractivity contribution is 0.404. The topological polar surface area (TPSA) is 43.4 Å². The van der Waals surface area contributed by atoms with Crippen LogP contribution >= 0.6 is 11.3 Å². The Hall–Kier alpha value is -1.75. The molecule has 1 heterocycles. The summed E-state index contributed by atoms with van der Waals surface area (Å²) in [4.78, 5) is 5.70. The molecule has 0 saturated carbocycles. The third kappa shape index (κ3) is 2.26. The highest BCUT2D eigenvalue weighted by Gasteiger charge is 2.14. The fourth-order valence-corrected chi connectivity index (χ4v) is 2.53. The van der Waals surface area contributed by atoms with Gasteiger partial charge in [0.1, 0.15) is 11.5 Å². The van der Waals surface area contributed by atoms with Crippen molar-refractivity contribution < 1.29 is 9.47 Å². The van der Waals surface area contributed by atoms with Gasteiger partial charge in [-0.2, -0.15) is 0 Å². The molecule has 0 unspecified atom stereocenters. The molecule has 0 aliphatic heterocycles. The molecule has 0 atom stereocenters. The second-order valence-electron chi connectivity index (χ2n) is 3.74. The van der Waals surface area contributed by atoms with E-state index in [1.807, 2.05) is 32.2 Å². The summed E-state index contributed by atoms with van der Waals surface area (Å²) >= 11 is 1.62. The van der Waals surface area contributed by atoms with Gasteiger partial charge >= 0.3 is 0 Å². The van der Waals surface area contributed by atoms with Crippen LogP contribution in [-0.2, 0) is 0 Å². The third-order valence-corrected chi connectivity index (χ3v) is 3.66. The smallest absolute Gasteiger partial charge is 0.183 e. The van der Waals surface area contributed by atoms with Crippen molar-refractivity contribution in [3.63, 3.8) is 0 Å². The van der Waals surface area contributed by atoms with Crippen molar-refractivity contribution in [3.05, 3.63) is 23.1 Å². The van der Waals surface area contributed by atoms with E-state index in [2.05, 4.69) is 10.3 Å². The number of anilines is 1. The van der Waals surface area contributed by atoms with E-state index in [0.29, 0.717) is 0 Å². The second-order valence-corrected chi connectivity index (χ2v) is 4.94. The molecule has 0 fully saturated rings. The van der Waals surface area contributed by atoms with Crippen LogP contribution in [0.1, 0.15) is 4.88 Å².